The van der Waals surface area contributed by atoms with Gasteiger partial charge in [-0.15, -0.1) is 11.3 Å². The molecule has 1 aliphatic heterocycles. The summed E-state index contributed by atoms with van der Waals surface area (Å²) in [6, 6.07) is 8.74. The molecule has 4 N–H and O–H groups in total. The lowest BCUT2D eigenvalue weighted by Crippen LogP contribution is -2.41. The van der Waals surface area contributed by atoms with Gasteiger partial charge in [0.05, 0.1) is 12.3 Å². The summed E-state index contributed by atoms with van der Waals surface area (Å²) in [7, 11) is 0. The Labute approximate surface area is 166 Å². The maximum Gasteiger partial charge on any atom is 0.322 e. The lowest BCUT2D eigenvalue weighted by molar-refractivity contribution is 0.215. The van der Waals surface area contributed by atoms with Crippen molar-refractivity contribution in [2.75, 3.05) is 18.4 Å². The summed E-state index contributed by atoms with van der Waals surface area (Å²) in [5.41, 5.74) is 4.14. The first-order valence-electron chi connectivity index (χ1n) is 8.49. The summed E-state index contributed by atoms with van der Waals surface area (Å²) < 4.78 is 0. The Bertz CT molecular complexity index is 907. The summed E-state index contributed by atoms with van der Waals surface area (Å²) in [5, 5.41) is 18.9. The van der Waals surface area contributed by atoms with E-state index < -0.39 is 0 Å². The predicted octanol–water partition coefficient (Wildman–Crippen LogP) is 3.81. The number of carbonyl (C=O) groups excluding carboxylic acids is 1. The second-order valence-corrected chi connectivity index (χ2v) is 7.70. The van der Waals surface area contributed by atoms with Crippen LogP contribution in [-0.4, -0.2) is 34.8 Å². The number of hydrazone groups is 1. The van der Waals surface area contributed by atoms with Gasteiger partial charge in [0, 0.05) is 34.2 Å². The number of rotatable bonds is 4. The standard InChI is InChI=1S/C19H21ClN4O2S/c1-12-5-7-24(19(26)22-14-4-2-3-13(20)9-14)10-16(12)18(23-21)15-6-8-27-17(15)11-25/h2-4,6,8-9,25H,5,7,10-11,21H2,1H3,(H,22,26)/b23-18-. The van der Waals surface area contributed by atoms with E-state index in [1.807, 2.05) is 18.4 Å². The zero-order chi connectivity index (χ0) is 19.4. The van der Waals surface area contributed by atoms with Crippen LogP contribution in [0.4, 0.5) is 10.5 Å². The van der Waals surface area contributed by atoms with Crippen LogP contribution < -0.4 is 11.2 Å². The highest BCUT2D eigenvalue weighted by Gasteiger charge is 2.26. The molecule has 0 aliphatic carbocycles. The van der Waals surface area contributed by atoms with Crippen molar-refractivity contribution in [2.24, 2.45) is 10.9 Å². The van der Waals surface area contributed by atoms with E-state index in [-0.39, 0.29) is 12.6 Å². The molecule has 1 aliphatic rings. The number of halogens is 1. The number of aliphatic hydroxyl groups excluding tert-OH is 1. The smallest absolute Gasteiger partial charge is 0.322 e. The largest absolute Gasteiger partial charge is 0.391 e. The van der Waals surface area contributed by atoms with Gasteiger partial charge in [0.15, 0.2) is 0 Å². The molecule has 0 bridgehead atoms. The predicted molar refractivity (Wildman–Crippen MR) is 110 cm³/mol. The Balaban J connectivity index is 1.80. The molecule has 27 heavy (non-hydrogen) atoms. The maximum absolute atomic E-state index is 12.7. The topological polar surface area (TPSA) is 91.0 Å². The van der Waals surface area contributed by atoms with Crippen LogP contribution in [0.5, 0.6) is 0 Å². The number of nitrogens with one attached hydrogen (secondary N) is 1. The molecule has 8 heteroatoms. The van der Waals surface area contributed by atoms with Crippen LogP contribution in [-0.2, 0) is 6.61 Å². The van der Waals surface area contributed by atoms with Gasteiger partial charge < -0.3 is 21.2 Å². The van der Waals surface area contributed by atoms with Crippen molar-refractivity contribution in [2.45, 2.75) is 20.0 Å². The molecule has 0 fully saturated rings. The van der Waals surface area contributed by atoms with Crippen LogP contribution in [0.3, 0.4) is 0 Å². The third kappa shape index (κ3) is 4.32. The molecule has 0 saturated heterocycles. The van der Waals surface area contributed by atoms with E-state index in [1.165, 1.54) is 11.3 Å². The van der Waals surface area contributed by atoms with Gasteiger partial charge in [0.1, 0.15) is 0 Å². The van der Waals surface area contributed by atoms with E-state index in [9.17, 15) is 9.90 Å². The molecule has 142 valence electrons. The number of hydrogen-bond donors (Lipinski definition) is 3. The zero-order valence-electron chi connectivity index (χ0n) is 14.9. The molecule has 0 radical (unpaired) electrons. The third-order valence-corrected chi connectivity index (χ3v) is 5.68. The number of thiophene rings is 1. The Morgan fingerprint density at radius 3 is 2.96 bits per heavy atom. The third-order valence-electron chi connectivity index (χ3n) is 4.54. The molecule has 0 atom stereocenters. The van der Waals surface area contributed by atoms with Crippen molar-refractivity contribution < 1.29 is 9.90 Å². The lowest BCUT2D eigenvalue weighted by atomic mass is 9.93. The number of nitrogens with zero attached hydrogens (tertiary/aromatic N) is 2. The second-order valence-electron chi connectivity index (χ2n) is 6.26. The van der Waals surface area contributed by atoms with Crippen molar-refractivity contribution in [1.82, 2.24) is 4.90 Å². The van der Waals surface area contributed by atoms with Crippen LogP contribution in [0.1, 0.15) is 23.8 Å². The number of anilines is 1. The van der Waals surface area contributed by atoms with Crippen LogP contribution in [0, 0.1) is 0 Å². The minimum absolute atomic E-state index is 0.0721. The fourth-order valence-corrected chi connectivity index (χ4v) is 3.99. The highest BCUT2D eigenvalue weighted by atomic mass is 35.5. The van der Waals surface area contributed by atoms with E-state index in [4.69, 9.17) is 17.4 Å². The van der Waals surface area contributed by atoms with Gasteiger partial charge in [-0.05, 0) is 48.6 Å². The van der Waals surface area contributed by atoms with Gasteiger partial charge in [0.2, 0.25) is 0 Å². The molecule has 2 heterocycles. The van der Waals surface area contributed by atoms with Crippen LogP contribution >= 0.6 is 22.9 Å². The second kappa shape index (κ2) is 8.56. The Morgan fingerprint density at radius 1 is 1.44 bits per heavy atom. The summed E-state index contributed by atoms with van der Waals surface area (Å²) >= 11 is 7.44. The van der Waals surface area contributed by atoms with Gasteiger partial charge in [0.25, 0.3) is 0 Å². The first-order valence-corrected chi connectivity index (χ1v) is 9.75. The first-order chi connectivity index (χ1) is 13.0. The molecule has 6 nitrogen and oxygen atoms in total. The maximum atomic E-state index is 12.7. The molecule has 2 aromatic rings. The highest BCUT2D eigenvalue weighted by molar-refractivity contribution is 7.10. The van der Waals surface area contributed by atoms with Crippen molar-refractivity contribution in [3.05, 3.63) is 62.3 Å². The number of hydrogen-bond acceptors (Lipinski definition) is 5. The fraction of sp³-hybridized carbons (Fsp3) is 0.263. The Morgan fingerprint density at radius 2 is 2.26 bits per heavy atom. The quantitative estimate of drug-likeness (QED) is 0.411. The average Bonchev–Trinajstić information content (AvgIpc) is 3.12. The first kappa shape index (κ1) is 19.4. The van der Waals surface area contributed by atoms with E-state index in [0.29, 0.717) is 29.5 Å². The zero-order valence-corrected chi connectivity index (χ0v) is 16.5. The average molecular weight is 405 g/mol. The van der Waals surface area contributed by atoms with Crippen molar-refractivity contribution in [1.29, 1.82) is 0 Å². The molecule has 0 unspecified atom stereocenters. The molecule has 2 amide bonds. The highest BCUT2D eigenvalue weighted by Crippen LogP contribution is 2.26. The van der Waals surface area contributed by atoms with Gasteiger partial charge in [-0.3, -0.25) is 0 Å². The summed E-state index contributed by atoms with van der Waals surface area (Å²) in [6.45, 7) is 2.96. The van der Waals surface area contributed by atoms with Crippen molar-refractivity contribution in [3.63, 3.8) is 0 Å². The van der Waals surface area contributed by atoms with Gasteiger partial charge in [-0.2, -0.15) is 5.10 Å². The Kier molecular flexibility index (Phi) is 6.15. The molecular formula is C19H21ClN4O2S. The van der Waals surface area contributed by atoms with Gasteiger partial charge >= 0.3 is 6.03 Å². The molecule has 1 aromatic heterocycles. The number of amides is 2. The van der Waals surface area contributed by atoms with E-state index in [1.54, 1.807) is 29.2 Å². The Hall–Kier alpha value is -2.35. The molecule has 1 aromatic carbocycles. The number of aliphatic hydroxyl groups is 1. The van der Waals surface area contributed by atoms with Crippen LogP contribution in [0.2, 0.25) is 5.02 Å². The minimum Gasteiger partial charge on any atom is -0.391 e. The van der Waals surface area contributed by atoms with E-state index in [2.05, 4.69) is 10.4 Å². The molecular weight excluding hydrogens is 384 g/mol. The minimum atomic E-state index is -0.202. The normalized spacial score (nSPS) is 15.2. The van der Waals surface area contributed by atoms with Crippen LogP contribution in [0.25, 0.3) is 0 Å². The molecule has 0 spiro atoms. The number of benzene rings is 1. The SMILES string of the molecule is CC1=C(/C(=N\N)c2ccsc2CO)CN(C(=O)Nc2cccc(Cl)c2)CC1. The molecule has 0 saturated carbocycles. The van der Waals surface area contributed by atoms with E-state index in [0.717, 1.165) is 28.0 Å². The summed E-state index contributed by atoms with van der Waals surface area (Å²) in [5.74, 6) is 5.69. The lowest BCUT2D eigenvalue weighted by Gasteiger charge is -2.30. The number of carbonyl (C=O) groups is 1. The monoisotopic (exact) mass is 404 g/mol. The van der Waals surface area contributed by atoms with Gasteiger partial charge in [-0.25, -0.2) is 4.79 Å². The fourth-order valence-electron chi connectivity index (χ4n) is 3.06. The van der Waals surface area contributed by atoms with Gasteiger partial charge in [-0.1, -0.05) is 23.2 Å². The number of nitrogens with two attached hydrogens (primary N) is 1. The van der Waals surface area contributed by atoms with Crippen molar-refractivity contribution in [3.8, 4) is 0 Å². The molecule has 3 rings (SSSR count). The van der Waals surface area contributed by atoms with Crippen LogP contribution in [0.15, 0.2) is 52.0 Å². The number of urea groups is 1. The van der Waals surface area contributed by atoms with Crippen molar-refractivity contribution >= 4 is 40.4 Å². The summed E-state index contributed by atoms with van der Waals surface area (Å²) in [6.07, 6.45) is 0.732. The van der Waals surface area contributed by atoms with E-state index >= 15 is 0 Å². The summed E-state index contributed by atoms with van der Waals surface area (Å²) in [4.78, 5) is 15.2.